The maximum atomic E-state index is 6.43. The van der Waals surface area contributed by atoms with Crippen LogP contribution < -0.4 is 14.0 Å². The van der Waals surface area contributed by atoms with Crippen LogP contribution >= 0.6 is 0 Å². The Balaban J connectivity index is 1.54. The number of benzene rings is 3. The molecule has 0 saturated heterocycles. The summed E-state index contributed by atoms with van der Waals surface area (Å²) in [5, 5.41) is 3.02. The molecular weight excluding hydrogens is 434 g/mol. The summed E-state index contributed by atoms with van der Waals surface area (Å²) in [6, 6.07) is 18.7. The lowest BCUT2D eigenvalue weighted by atomic mass is 9.86. The number of furan rings is 1. The van der Waals surface area contributed by atoms with Gasteiger partial charge in [0.25, 0.3) is 0 Å². The molecule has 35 heavy (non-hydrogen) atoms. The minimum Gasteiger partial charge on any atom is -0.445 e. The molecule has 0 amide bonds. The molecule has 0 unspecified atom stereocenters. The quantitative estimate of drug-likeness (QED) is 0.242. The van der Waals surface area contributed by atoms with Crippen LogP contribution in [0.2, 0.25) is 0 Å². The first-order valence-corrected chi connectivity index (χ1v) is 12.1. The van der Waals surface area contributed by atoms with Gasteiger partial charge in [-0.25, -0.2) is 4.57 Å². The van der Waals surface area contributed by atoms with E-state index in [1.54, 1.807) is 0 Å². The second-order valence-corrected chi connectivity index (χ2v) is 10.9. The van der Waals surface area contributed by atoms with Crippen LogP contribution in [0, 0.1) is 19.3 Å². The van der Waals surface area contributed by atoms with E-state index in [0.717, 1.165) is 45.0 Å². The Morgan fingerprint density at radius 1 is 0.829 bits per heavy atom. The number of aromatic nitrogens is 1. The normalized spacial score (nSPS) is 12.9. The SMILES string of the molecule is Cc1c[n+](C)c(-c2c(C)ccc3c4c(oc23)Oc2c(ccc3ccccc23)O4)cc1CC(C)(C)C. The zero-order valence-corrected chi connectivity index (χ0v) is 21.2. The lowest BCUT2D eigenvalue weighted by molar-refractivity contribution is -0.660. The summed E-state index contributed by atoms with van der Waals surface area (Å²) in [5.74, 6) is 2.43. The van der Waals surface area contributed by atoms with Crippen LogP contribution in [0.5, 0.6) is 23.2 Å². The molecule has 0 aliphatic carbocycles. The minimum absolute atomic E-state index is 0.197. The average molecular weight is 465 g/mol. The number of rotatable bonds is 2. The summed E-state index contributed by atoms with van der Waals surface area (Å²) < 4.78 is 21.3. The second-order valence-electron chi connectivity index (χ2n) is 10.9. The van der Waals surface area contributed by atoms with E-state index in [2.05, 4.69) is 82.8 Å². The lowest BCUT2D eigenvalue weighted by Crippen LogP contribution is -2.32. The predicted octanol–water partition coefficient (Wildman–Crippen LogP) is 8.18. The van der Waals surface area contributed by atoms with E-state index in [9.17, 15) is 0 Å². The molecule has 3 aromatic carbocycles. The highest BCUT2D eigenvalue weighted by molar-refractivity contribution is 5.99. The van der Waals surface area contributed by atoms with Gasteiger partial charge < -0.3 is 13.9 Å². The van der Waals surface area contributed by atoms with Crippen molar-refractivity contribution < 1.29 is 18.5 Å². The monoisotopic (exact) mass is 464 g/mol. The highest BCUT2D eigenvalue weighted by Gasteiger charge is 2.31. The molecule has 0 saturated carbocycles. The summed E-state index contributed by atoms with van der Waals surface area (Å²) in [5.41, 5.74) is 6.96. The first kappa shape index (κ1) is 21.7. The van der Waals surface area contributed by atoms with Crippen molar-refractivity contribution in [2.24, 2.45) is 12.5 Å². The van der Waals surface area contributed by atoms with Crippen LogP contribution in [0.4, 0.5) is 0 Å². The lowest BCUT2D eigenvalue weighted by Gasteiger charge is -2.19. The van der Waals surface area contributed by atoms with E-state index in [-0.39, 0.29) is 5.41 Å². The van der Waals surface area contributed by atoms with Crippen molar-refractivity contribution in [2.45, 2.75) is 41.0 Å². The van der Waals surface area contributed by atoms with Crippen molar-refractivity contribution in [2.75, 3.05) is 0 Å². The summed E-state index contributed by atoms with van der Waals surface area (Å²) in [4.78, 5) is 0. The number of aryl methyl sites for hydroxylation is 3. The Kier molecular flexibility index (Phi) is 4.72. The number of fused-ring (bicyclic) bond motifs is 6. The van der Waals surface area contributed by atoms with Crippen LogP contribution in [-0.2, 0) is 13.5 Å². The molecule has 5 aromatic rings. The molecule has 0 atom stereocenters. The highest BCUT2D eigenvalue weighted by atomic mass is 16.6. The van der Waals surface area contributed by atoms with E-state index in [1.807, 2.05) is 24.3 Å². The third-order valence-corrected chi connectivity index (χ3v) is 6.80. The number of ether oxygens (including phenoxy) is 2. The van der Waals surface area contributed by atoms with E-state index in [1.165, 1.54) is 11.1 Å². The van der Waals surface area contributed by atoms with Crippen molar-refractivity contribution in [3.63, 3.8) is 0 Å². The zero-order valence-electron chi connectivity index (χ0n) is 21.2. The zero-order chi connectivity index (χ0) is 24.5. The fourth-order valence-corrected chi connectivity index (χ4v) is 5.14. The van der Waals surface area contributed by atoms with Gasteiger partial charge in [-0.15, -0.1) is 0 Å². The Bertz CT molecular complexity index is 1640. The standard InChI is InChI=1S/C31H30NO3/c1-18-11-13-23-28(26(18)24-15-21(16-31(3,4)5)19(2)17-32(24)6)35-30-29(23)33-25-14-12-20-9-7-8-10-22(20)27(25)34-30/h7-15,17H,16H2,1-6H3/q+1. The van der Waals surface area contributed by atoms with E-state index >= 15 is 0 Å². The predicted molar refractivity (Wildman–Crippen MR) is 140 cm³/mol. The van der Waals surface area contributed by atoms with Gasteiger partial charge in [0, 0.05) is 17.0 Å². The minimum atomic E-state index is 0.197. The fourth-order valence-electron chi connectivity index (χ4n) is 5.14. The van der Waals surface area contributed by atoms with Gasteiger partial charge in [-0.05, 0) is 54.3 Å². The highest BCUT2D eigenvalue weighted by Crippen LogP contribution is 2.54. The van der Waals surface area contributed by atoms with Gasteiger partial charge in [-0.3, -0.25) is 0 Å². The van der Waals surface area contributed by atoms with E-state index in [0.29, 0.717) is 23.2 Å². The molecular formula is C31H30NO3+. The topological polar surface area (TPSA) is 35.5 Å². The van der Waals surface area contributed by atoms with Crippen molar-refractivity contribution in [1.82, 2.24) is 0 Å². The number of hydrogen-bond donors (Lipinski definition) is 0. The van der Waals surface area contributed by atoms with Crippen LogP contribution in [0.1, 0.15) is 37.5 Å². The van der Waals surface area contributed by atoms with Crippen LogP contribution in [0.3, 0.4) is 0 Å². The Morgan fingerprint density at radius 3 is 2.43 bits per heavy atom. The molecule has 1 aliphatic rings. The van der Waals surface area contributed by atoms with Crippen LogP contribution in [0.25, 0.3) is 33.0 Å². The van der Waals surface area contributed by atoms with Gasteiger partial charge in [-0.1, -0.05) is 57.2 Å². The summed E-state index contributed by atoms with van der Waals surface area (Å²) in [7, 11) is 2.10. The number of pyridine rings is 1. The second kappa shape index (κ2) is 7.61. The van der Waals surface area contributed by atoms with Gasteiger partial charge in [0.05, 0.1) is 10.9 Å². The van der Waals surface area contributed by atoms with Crippen molar-refractivity contribution in [3.05, 3.63) is 77.5 Å². The van der Waals surface area contributed by atoms with Crippen LogP contribution in [-0.4, -0.2) is 0 Å². The first-order chi connectivity index (χ1) is 16.7. The van der Waals surface area contributed by atoms with Crippen molar-refractivity contribution in [3.8, 4) is 34.5 Å². The molecule has 3 heterocycles. The molecule has 176 valence electrons. The molecule has 0 spiro atoms. The van der Waals surface area contributed by atoms with E-state index in [4.69, 9.17) is 13.9 Å². The Hall–Kier alpha value is -3.79. The molecule has 1 aliphatic heterocycles. The molecule has 4 nitrogen and oxygen atoms in total. The van der Waals surface area contributed by atoms with Gasteiger partial charge in [-0.2, -0.15) is 0 Å². The van der Waals surface area contributed by atoms with Crippen molar-refractivity contribution in [1.29, 1.82) is 0 Å². The van der Waals surface area contributed by atoms with Gasteiger partial charge in [0.2, 0.25) is 11.4 Å². The average Bonchev–Trinajstić information content (AvgIpc) is 3.16. The summed E-state index contributed by atoms with van der Waals surface area (Å²) >= 11 is 0. The fraction of sp³-hybridized carbons (Fsp3) is 0.258. The van der Waals surface area contributed by atoms with Gasteiger partial charge in [0.1, 0.15) is 7.05 Å². The van der Waals surface area contributed by atoms with E-state index < -0.39 is 0 Å². The van der Waals surface area contributed by atoms with Crippen molar-refractivity contribution >= 4 is 21.7 Å². The maximum Gasteiger partial charge on any atom is 0.336 e. The third-order valence-electron chi connectivity index (χ3n) is 6.80. The molecule has 0 fully saturated rings. The van der Waals surface area contributed by atoms with Gasteiger partial charge in [0.15, 0.2) is 23.3 Å². The van der Waals surface area contributed by atoms with Crippen LogP contribution in [0.15, 0.2) is 65.2 Å². The Labute approximate surface area is 205 Å². The molecule has 2 aromatic heterocycles. The number of nitrogens with zero attached hydrogens (tertiary/aromatic N) is 1. The molecule has 0 bridgehead atoms. The molecule has 0 radical (unpaired) electrons. The summed E-state index contributed by atoms with van der Waals surface area (Å²) in [6.45, 7) is 11.2. The number of hydrogen-bond acceptors (Lipinski definition) is 3. The van der Waals surface area contributed by atoms with Gasteiger partial charge >= 0.3 is 5.95 Å². The third kappa shape index (κ3) is 3.56. The molecule has 0 N–H and O–H groups in total. The summed E-state index contributed by atoms with van der Waals surface area (Å²) in [6.07, 6.45) is 3.22. The maximum absolute atomic E-state index is 6.43. The first-order valence-electron chi connectivity index (χ1n) is 12.1. The smallest absolute Gasteiger partial charge is 0.336 e. The molecule has 6 rings (SSSR count). The molecule has 4 heteroatoms. The Morgan fingerprint density at radius 2 is 1.63 bits per heavy atom. The largest absolute Gasteiger partial charge is 0.445 e.